The van der Waals surface area contributed by atoms with Crippen LogP contribution < -0.4 is 0 Å². The van der Waals surface area contributed by atoms with E-state index in [2.05, 4.69) is 6.92 Å². The highest BCUT2D eigenvalue weighted by Gasteiger charge is 1.79. The monoisotopic (exact) mass is 115 g/mol. The molecule has 1 radical (unpaired) electrons. The molecule has 0 aromatic rings. The zero-order valence-electron chi connectivity index (χ0n) is 5.07. The first-order valence-electron chi connectivity index (χ1n) is 2.96. The smallest absolute Gasteiger partial charge is 0.0827 e. The van der Waals surface area contributed by atoms with Crippen molar-refractivity contribution < 1.29 is 4.39 Å². The zero-order valence-corrected chi connectivity index (χ0v) is 5.07. The van der Waals surface area contributed by atoms with Crippen LogP contribution in [0, 0.1) is 6.92 Å². The lowest BCUT2D eigenvalue weighted by Crippen LogP contribution is -1.69. The molecule has 0 fully saturated rings. The van der Waals surface area contributed by atoms with E-state index in [-0.39, 0.29) is 0 Å². The Balaban J connectivity index is 2.72. The van der Waals surface area contributed by atoms with Crippen molar-refractivity contribution in [1.82, 2.24) is 0 Å². The van der Waals surface area contributed by atoms with Crippen LogP contribution in [0.1, 0.15) is 25.7 Å². The van der Waals surface area contributed by atoms with Crippen LogP contribution in [0.5, 0.6) is 0 Å². The predicted octanol–water partition coefficient (Wildman–Crippen LogP) is 2.86. The first kappa shape index (κ1) is 7.67. The van der Waals surface area contributed by atoms with Crippen molar-refractivity contribution in [3.05, 3.63) is 19.3 Å². The molecule has 0 saturated heterocycles. The molecule has 0 rings (SSSR count). The molecule has 0 spiro atoms. The second-order valence-corrected chi connectivity index (χ2v) is 1.71. The van der Waals surface area contributed by atoms with Crippen LogP contribution in [-0.4, -0.2) is 0 Å². The van der Waals surface area contributed by atoms with Crippen molar-refractivity contribution in [3.8, 4) is 0 Å². The van der Waals surface area contributed by atoms with E-state index in [1.54, 1.807) is 0 Å². The van der Waals surface area contributed by atoms with Gasteiger partial charge in [-0.1, -0.05) is 25.8 Å². The fourth-order valence-corrected chi connectivity index (χ4v) is 0.502. The second kappa shape index (κ2) is 6.67. The van der Waals surface area contributed by atoms with Crippen LogP contribution in [0.4, 0.5) is 4.39 Å². The maximum absolute atomic E-state index is 11.2. The molecule has 8 heavy (non-hydrogen) atoms. The molecule has 0 saturated carbocycles. The van der Waals surface area contributed by atoms with Crippen molar-refractivity contribution in [2.45, 2.75) is 25.7 Å². The molecule has 0 unspecified atom stereocenters. The maximum Gasteiger partial charge on any atom is 0.0827 e. The molecule has 0 bridgehead atoms. The summed E-state index contributed by atoms with van der Waals surface area (Å²) in [6, 6.07) is 0. The largest absolute Gasteiger partial charge is 0.216 e. The molecule has 47 valence electrons. The van der Waals surface area contributed by atoms with Crippen LogP contribution in [0.2, 0.25) is 0 Å². The van der Waals surface area contributed by atoms with Gasteiger partial charge >= 0.3 is 0 Å². The Morgan fingerprint density at radius 3 is 2.62 bits per heavy atom. The predicted molar refractivity (Wildman–Crippen MR) is 34.1 cm³/mol. The van der Waals surface area contributed by atoms with E-state index in [0.717, 1.165) is 25.7 Å². The van der Waals surface area contributed by atoms with Gasteiger partial charge in [0.15, 0.2) is 0 Å². The maximum atomic E-state index is 11.2. The van der Waals surface area contributed by atoms with E-state index in [4.69, 9.17) is 0 Å². The highest BCUT2D eigenvalue weighted by molar-refractivity contribution is 4.71. The molecule has 0 atom stereocenters. The second-order valence-electron chi connectivity index (χ2n) is 1.71. The van der Waals surface area contributed by atoms with Crippen LogP contribution in [0.25, 0.3) is 0 Å². The van der Waals surface area contributed by atoms with Crippen molar-refractivity contribution in [3.63, 3.8) is 0 Å². The number of allylic oxidation sites excluding steroid dienone is 1. The molecule has 0 aliphatic rings. The minimum atomic E-state index is 0.600. The molecule has 1 heteroatoms. The lowest BCUT2D eigenvalue weighted by molar-refractivity contribution is 0.699. The third kappa shape index (κ3) is 5.67. The summed E-state index contributed by atoms with van der Waals surface area (Å²) < 4.78 is 11.2. The Kier molecular flexibility index (Phi) is 6.39. The van der Waals surface area contributed by atoms with Gasteiger partial charge in [0.25, 0.3) is 0 Å². The first-order chi connectivity index (χ1) is 3.91. The van der Waals surface area contributed by atoms with Crippen LogP contribution in [0.15, 0.2) is 12.4 Å². The van der Waals surface area contributed by atoms with Gasteiger partial charge in [-0.15, -0.1) is 0 Å². The summed E-state index contributed by atoms with van der Waals surface area (Å²) in [5, 5.41) is 0. The van der Waals surface area contributed by atoms with Gasteiger partial charge in [0.05, 0.1) is 6.33 Å². The number of unbranched alkanes of at least 4 members (excludes halogenated alkanes) is 3. The van der Waals surface area contributed by atoms with Gasteiger partial charge in [0.2, 0.25) is 0 Å². The third-order valence-corrected chi connectivity index (χ3v) is 0.960. The van der Waals surface area contributed by atoms with E-state index in [9.17, 15) is 4.39 Å². The molecule has 0 aliphatic carbocycles. The quantitative estimate of drug-likeness (QED) is 0.494. The van der Waals surface area contributed by atoms with Crippen LogP contribution in [0.3, 0.4) is 0 Å². The zero-order chi connectivity index (χ0) is 6.24. The van der Waals surface area contributed by atoms with Gasteiger partial charge in [-0.05, 0) is 12.8 Å². The van der Waals surface area contributed by atoms with Crippen LogP contribution >= 0.6 is 0 Å². The summed E-state index contributed by atoms with van der Waals surface area (Å²) in [7, 11) is 0. The number of rotatable bonds is 4. The average molecular weight is 115 g/mol. The van der Waals surface area contributed by atoms with Gasteiger partial charge in [-0.25, -0.2) is 4.39 Å². The Morgan fingerprint density at radius 2 is 2.12 bits per heavy atom. The van der Waals surface area contributed by atoms with E-state index < -0.39 is 0 Å². The van der Waals surface area contributed by atoms with E-state index >= 15 is 0 Å². The Hall–Kier alpha value is -0.330. The summed E-state index contributed by atoms with van der Waals surface area (Å²) >= 11 is 0. The average Bonchev–Trinajstić information content (AvgIpc) is 1.81. The van der Waals surface area contributed by atoms with Gasteiger partial charge in [0.1, 0.15) is 0 Å². The molecule has 0 aromatic carbocycles. The van der Waals surface area contributed by atoms with Gasteiger partial charge in [-0.2, -0.15) is 0 Å². The number of hydrogen-bond acceptors (Lipinski definition) is 0. The van der Waals surface area contributed by atoms with Crippen molar-refractivity contribution in [2.24, 2.45) is 0 Å². The standard InChI is InChI=1S/C7H12F/c1-2-3-4-5-6-7-8/h6-7H,1-5H2. The van der Waals surface area contributed by atoms with Gasteiger partial charge in [-0.3, -0.25) is 0 Å². The number of hydrogen-bond donors (Lipinski definition) is 0. The normalized spacial score (nSPS) is 10.8. The van der Waals surface area contributed by atoms with Crippen LogP contribution in [-0.2, 0) is 0 Å². The molecular formula is C7H12F. The lowest BCUT2D eigenvalue weighted by Gasteiger charge is -1.88. The fraction of sp³-hybridized carbons (Fsp3) is 0.571. The molecule has 0 amide bonds. The Labute approximate surface area is 50.4 Å². The lowest BCUT2D eigenvalue weighted by atomic mass is 10.2. The highest BCUT2D eigenvalue weighted by atomic mass is 19.1. The fourth-order valence-electron chi connectivity index (χ4n) is 0.502. The Morgan fingerprint density at radius 1 is 1.38 bits per heavy atom. The van der Waals surface area contributed by atoms with Crippen molar-refractivity contribution in [2.75, 3.05) is 0 Å². The molecule has 0 N–H and O–H groups in total. The van der Waals surface area contributed by atoms with Crippen molar-refractivity contribution >= 4 is 0 Å². The summed E-state index contributed by atoms with van der Waals surface area (Å²) in [5.74, 6) is 0. The first-order valence-corrected chi connectivity index (χ1v) is 2.96. The van der Waals surface area contributed by atoms with Gasteiger partial charge in [0, 0.05) is 0 Å². The Bertz CT molecular complexity index is 57.4. The van der Waals surface area contributed by atoms with Gasteiger partial charge < -0.3 is 0 Å². The molecular weight excluding hydrogens is 103 g/mol. The summed E-state index contributed by atoms with van der Waals surface area (Å²) in [6.07, 6.45) is 6.11. The van der Waals surface area contributed by atoms with E-state index in [1.165, 1.54) is 6.08 Å². The highest BCUT2D eigenvalue weighted by Crippen LogP contribution is 1.98. The summed E-state index contributed by atoms with van der Waals surface area (Å²) in [5.41, 5.74) is 0. The molecule has 0 heterocycles. The number of halogens is 1. The molecule has 0 aromatic heterocycles. The minimum Gasteiger partial charge on any atom is -0.216 e. The summed E-state index contributed by atoms with van der Waals surface area (Å²) in [4.78, 5) is 0. The van der Waals surface area contributed by atoms with E-state index in [1.807, 2.05) is 0 Å². The molecule has 0 aliphatic heterocycles. The topological polar surface area (TPSA) is 0 Å². The third-order valence-electron chi connectivity index (χ3n) is 0.960. The SMILES string of the molecule is [CH2]CCCCC=CF. The minimum absolute atomic E-state index is 0.600. The van der Waals surface area contributed by atoms with Crippen molar-refractivity contribution in [1.29, 1.82) is 0 Å². The molecule has 0 nitrogen and oxygen atoms in total. The summed E-state index contributed by atoms with van der Waals surface area (Å²) in [6.45, 7) is 3.67. The van der Waals surface area contributed by atoms with E-state index in [0.29, 0.717) is 6.33 Å².